The molecule has 1 aromatic rings. The molecule has 4 nitrogen and oxygen atoms in total. The lowest BCUT2D eigenvalue weighted by atomic mass is 10.2. The number of alkyl halides is 3. The number of hydrogen-bond acceptors (Lipinski definition) is 4. The molecule has 1 saturated carbocycles. The van der Waals surface area contributed by atoms with Gasteiger partial charge in [-0.2, -0.15) is 13.2 Å². The third-order valence-corrected chi connectivity index (χ3v) is 4.24. The molecule has 3 rings (SSSR count). The number of nitrogens with zero attached hydrogens (tertiary/aromatic N) is 1. The van der Waals surface area contributed by atoms with Gasteiger partial charge in [0.25, 0.3) is 0 Å². The van der Waals surface area contributed by atoms with Crippen molar-refractivity contribution in [2.75, 3.05) is 32.8 Å². The number of ether oxygens (including phenoxy) is 2. The fourth-order valence-corrected chi connectivity index (χ4v) is 2.92. The van der Waals surface area contributed by atoms with E-state index in [1.165, 1.54) is 18.9 Å². The van der Waals surface area contributed by atoms with Gasteiger partial charge in [-0.05, 0) is 30.5 Å². The van der Waals surface area contributed by atoms with Crippen molar-refractivity contribution in [1.29, 1.82) is 0 Å². The summed E-state index contributed by atoms with van der Waals surface area (Å²) in [6.07, 6.45) is -1.56. The number of nitrogens with one attached hydrogen (secondary N) is 1. The lowest BCUT2D eigenvalue weighted by molar-refractivity contribution is -0.153. The van der Waals surface area contributed by atoms with Crippen LogP contribution in [0.4, 0.5) is 13.2 Å². The highest BCUT2D eigenvalue weighted by Crippen LogP contribution is 2.28. The van der Waals surface area contributed by atoms with E-state index in [1.807, 2.05) is 6.07 Å². The zero-order chi connectivity index (χ0) is 17.0. The summed E-state index contributed by atoms with van der Waals surface area (Å²) < 4.78 is 47.1. The SMILES string of the molecule is FC(F)(F)COc1cccc(CNC[C@H]2CN(C3CC3)CCO2)c1. The average molecular weight is 344 g/mol. The molecule has 24 heavy (non-hydrogen) atoms. The molecule has 1 atom stereocenters. The summed E-state index contributed by atoms with van der Waals surface area (Å²) in [5.74, 6) is 0.237. The summed E-state index contributed by atoms with van der Waals surface area (Å²) >= 11 is 0. The Morgan fingerprint density at radius 2 is 2.12 bits per heavy atom. The fourth-order valence-electron chi connectivity index (χ4n) is 2.92. The van der Waals surface area contributed by atoms with Crippen LogP contribution in [0.25, 0.3) is 0 Å². The van der Waals surface area contributed by atoms with Crippen molar-refractivity contribution >= 4 is 0 Å². The van der Waals surface area contributed by atoms with E-state index in [0.717, 1.165) is 37.8 Å². The Morgan fingerprint density at radius 1 is 1.29 bits per heavy atom. The second-order valence-corrected chi connectivity index (χ2v) is 6.40. The lowest BCUT2D eigenvalue weighted by Gasteiger charge is -2.33. The molecule has 0 radical (unpaired) electrons. The van der Waals surface area contributed by atoms with E-state index in [4.69, 9.17) is 9.47 Å². The fraction of sp³-hybridized carbons (Fsp3) is 0.647. The van der Waals surface area contributed by atoms with Gasteiger partial charge in [-0.15, -0.1) is 0 Å². The first-order chi connectivity index (χ1) is 11.5. The van der Waals surface area contributed by atoms with Gasteiger partial charge in [-0.25, -0.2) is 0 Å². The highest BCUT2D eigenvalue weighted by Gasteiger charge is 2.32. The van der Waals surface area contributed by atoms with Crippen molar-refractivity contribution in [3.8, 4) is 5.75 Å². The van der Waals surface area contributed by atoms with Gasteiger partial charge in [0.1, 0.15) is 5.75 Å². The predicted molar refractivity (Wildman–Crippen MR) is 84.0 cm³/mol. The summed E-state index contributed by atoms with van der Waals surface area (Å²) in [5, 5.41) is 3.32. The number of rotatable bonds is 7. The van der Waals surface area contributed by atoms with Crippen molar-refractivity contribution in [3.63, 3.8) is 0 Å². The third kappa shape index (κ3) is 5.65. The summed E-state index contributed by atoms with van der Waals surface area (Å²) in [6.45, 7) is 2.77. The molecule has 2 fully saturated rings. The monoisotopic (exact) mass is 344 g/mol. The maximum absolute atomic E-state index is 12.2. The number of hydrogen-bond donors (Lipinski definition) is 1. The van der Waals surface area contributed by atoms with E-state index in [9.17, 15) is 13.2 Å². The molecule has 1 heterocycles. The van der Waals surface area contributed by atoms with Crippen LogP contribution in [-0.4, -0.2) is 56.1 Å². The highest BCUT2D eigenvalue weighted by molar-refractivity contribution is 5.28. The van der Waals surface area contributed by atoms with E-state index < -0.39 is 12.8 Å². The van der Waals surface area contributed by atoms with Crippen molar-refractivity contribution < 1.29 is 22.6 Å². The molecule has 1 saturated heterocycles. The molecule has 2 aliphatic rings. The molecule has 0 unspecified atom stereocenters. The first-order valence-electron chi connectivity index (χ1n) is 8.34. The first kappa shape index (κ1) is 17.5. The molecule has 1 aliphatic heterocycles. The molecular formula is C17H23F3N2O2. The lowest BCUT2D eigenvalue weighted by Crippen LogP contribution is -2.47. The van der Waals surface area contributed by atoms with Crippen molar-refractivity contribution in [3.05, 3.63) is 29.8 Å². The van der Waals surface area contributed by atoms with Crippen LogP contribution in [0.5, 0.6) is 5.75 Å². The van der Waals surface area contributed by atoms with E-state index in [1.54, 1.807) is 12.1 Å². The van der Waals surface area contributed by atoms with E-state index >= 15 is 0 Å². The molecule has 7 heteroatoms. The van der Waals surface area contributed by atoms with Gasteiger partial charge in [0.15, 0.2) is 6.61 Å². The molecule has 134 valence electrons. The Balaban J connectivity index is 1.41. The minimum Gasteiger partial charge on any atom is -0.484 e. The molecule has 0 amide bonds. The Kier molecular flexibility index (Phi) is 5.63. The summed E-state index contributed by atoms with van der Waals surface area (Å²) in [5.41, 5.74) is 0.893. The van der Waals surface area contributed by atoms with E-state index in [0.29, 0.717) is 6.54 Å². The molecule has 1 aliphatic carbocycles. The van der Waals surface area contributed by atoms with Crippen LogP contribution in [0.15, 0.2) is 24.3 Å². The van der Waals surface area contributed by atoms with Gasteiger partial charge in [0, 0.05) is 32.2 Å². The largest absolute Gasteiger partial charge is 0.484 e. The predicted octanol–water partition coefficient (Wildman–Crippen LogP) is 2.58. The quantitative estimate of drug-likeness (QED) is 0.824. The van der Waals surface area contributed by atoms with Crippen LogP contribution in [-0.2, 0) is 11.3 Å². The van der Waals surface area contributed by atoms with Gasteiger partial charge in [-0.3, -0.25) is 4.90 Å². The van der Waals surface area contributed by atoms with E-state index in [2.05, 4.69) is 10.2 Å². The zero-order valence-electron chi connectivity index (χ0n) is 13.5. The maximum atomic E-state index is 12.2. The van der Waals surface area contributed by atoms with Gasteiger partial charge in [0.2, 0.25) is 0 Å². The van der Waals surface area contributed by atoms with Gasteiger partial charge in [-0.1, -0.05) is 12.1 Å². The average Bonchev–Trinajstić information content (AvgIpc) is 3.38. The standard InChI is InChI=1S/C17H23F3N2O2/c18-17(19,20)12-24-15-3-1-2-13(8-15)9-21-10-16-11-22(6-7-23-16)14-4-5-14/h1-3,8,14,16,21H,4-7,9-12H2/t16-/m0/s1. The number of halogens is 3. The topological polar surface area (TPSA) is 33.7 Å². The van der Waals surface area contributed by atoms with E-state index in [-0.39, 0.29) is 11.9 Å². The number of benzene rings is 1. The molecule has 0 bridgehead atoms. The second kappa shape index (κ2) is 7.72. The molecule has 1 N–H and O–H groups in total. The zero-order valence-corrected chi connectivity index (χ0v) is 13.5. The molecular weight excluding hydrogens is 321 g/mol. The Hall–Kier alpha value is -1.31. The first-order valence-corrected chi connectivity index (χ1v) is 8.34. The maximum Gasteiger partial charge on any atom is 0.422 e. The summed E-state index contributed by atoms with van der Waals surface area (Å²) in [6, 6.07) is 7.49. The second-order valence-electron chi connectivity index (χ2n) is 6.40. The smallest absolute Gasteiger partial charge is 0.422 e. The van der Waals surface area contributed by atoms with Crippen LogP contribution < -0.4 is 10.1 Å². The van der Waals surface area contributed by atoms with Crippen LogP contribution in [0.2, 0.25) is 0 Å². The molecule has 1 aromatic carbocycles. The minimum absolute atomic E-state index is 0.170. The Labute approximate surface area is 139 Å². The number of morpholine rings is 1. The minimum atomic E-state index is -4.32. The van der Waals surface area contributed by atoms with Crippen LogP contribution >= 0.6 is 0 Å². The van der Waals surface area contributed by atoms with Crippen LogP contribution in [0.3, 0.4) is 0 Å². The van der Waals surface area contributed by atoms with Gasteiger partial charge >= 0.3 is 6.18 Å². The van der Waals surface area contributed by atoms with Crippen LogP contribution in [0, 0.1) is 0 Å². The van der Waals surface area contributed by atoms with Crippen molar-refractivity contribution in [2.24, 2.45) is 0 Å². The normalized spacial score (nSPS) is 22.5. The highest BCUT2D eigenvalue weighted by atomic mass is 19.4. The Morgan fingerprint density at radius 3 is 2.88 bits per heavy atom. The van der Waals surface area contributed by atoms with Crippen LogP contribution in [0.1, 0.15) is 18.4 Å². The third-order valence-electron chi connectivity index (χ3n) is 4.24. The van der Waals surface area contributed by atoms with Crippen molar-refractivity contribution in [2.45, 2.75) is 37.7 Å². The van der Waals surface area contributed by atoms with Gasteiger partial charge in [0.05, 0.1) is 12.7 Å². The van der Waals surface area contributed by atoms with Gasteiger partial charge < -0.3 is 14.8 Å². The molecule has 0 aromatic heterocycles. The van der Waals surface area contributed by atoms with Crippen molar-refractivity contribution in [1.82, 2.24) is 10.2 Å². The Bertz CT molecular complexity index is 535. The summed E-state index contributed by atoms with van der Waals surface area (Å²) in [4.78, 5) is 2.49. The molecule has 0 spiro atoms. The summed E-state index contributed by atoms with van der Waals surface area (Å²) in [7, 11) is 0.